The average molecular weight is 436 g/mol. The normalized spacial score (nSPS) is 15.7. The molecule has 0 saturated heterocycles. The van der Waals surface area contributed by atoms with Crippen LogP contribution in [0.5, 0.6) is 11.5 Å². The van der Waals surface area contributed by atoms with E-state index in [1.165, 1.54) is 23.3 Å². The molecule has 162 valence electrons. The van der Waals surface area contributed by atoms with E-state index < -0.39 is 0 Å². The Morgan fingerprint density at radius 3 is 2.61 bits per heavy atom. The van der Waals surface area contributed by atoms with Gasteiger partial charge in [0.2, 0.25) is 0 Å². The Hall–Kier alpha value is -2.53. The van der Waals surface area contributed by atoms with Crippen molar-refractivity contribution in [2.45, 2.75) is 58.6 Å². The summed E-state index contributed by atoms with van der Waals surface area (Å²) in [5.74, 6) is 2.02. The van der Waals surface area contributed by atoms with Crippen LogP contribution in [0.1, 0.15) is 55.6 Å². The van der Waals surface area contributed by atoms with Crippen molar-refractivity contribution in [2.24, 2.45) is 5.92 Å². The molecule has 0 radical (unpaired) electrons. The van der Waals surface area contributed by atoms with Crippen LogP contribution in [0, 0.1) is 5.92 Å². The van der Waals surface area contributed by atoms with Gasteiger partial charge in [-0.3, -0.25) is 4.79 Å². The molecule has 0 amide bonds. The predicted octanol–water partition coefficient (Wildman–Crippen LogP) is 6.61. The fraction of sp³-hybridized carbons (Fsp3) is 0.423. The number of aromatic nitrogens is 1. The van der Waals surface area contributed by atoms with Crippen LogP contribution in [0.25, 0.3) is 21.7 Å². The fourth-order valence-electron chi connectivity index (χ4n) is 5.06. The fourth-order valence-corrected chi connectivity index (χ4v) is 5.80. The summed E-state index contributed by atoms with van der Waals surface area (Å²) in [5, 5.41) is 2.10. The highest BCUT2D eigenvalue weighted by Gasteiger charge is 2.32. The van der Waals surface area contributed by atoms with Gasteiger partial charge in [-0.15, -0.1) is 11.3 Å². The maximum absolute atomic E-state index is 13.5. The van der Waals surface area contributed by atoms with Crippen molar-refractivity contribution in [2.75, 3.05) is 7.11 Å². The van der Waals surface area contributed by atoms with E-state index >= 15 is 0 Å². The van der Waals surface area contributed by atoms with Crippen LogP contribution in [0.3, 0.4) is 0 Å². The summed E-state index contributed by atoms with van der Waals surface area (Å²) in [7, 11) is 1.69. The number of hydrogen-bond acceptors (Lipinski definition) is 4. The predicted molar refractivity (Wildman–Crippen MR) is 125 cm³/mol. The standard InChI is InChI=1S/C26H29NO3S/c1-16(2)30-23-15-19-18(13-22(23)29-3)10-11-27-21(26(28)17-7-4-5-8-17)14-20(25(19)27)24-9-6-12-31-24/h6,9,12-17H,4-5,7-8,10-11H2,1-3H3. The molecular formula is C26H29NO3S. The lowest BCUT2D eigenvalue weighted by molar-refractivity contribution is 0.0913. The van der Waals surface area contributed by atoms with Crippen LogP contribution in [0.15, 0.2) is 35.7 Å². The summed E-state index contributed by atoms with van der Waals surface area (Å²) >= 11 is 1.72. The number of hydrogen-bond donors (Lipinski definition) is 0. The van der Waals surface area contributed by atoms with Gasteiger partial charge in [0.15, 0.2) is 17.3 Å². The highest BCUT2D eigenvalue weighted by atomic mass is 32.1. The van der Waals surface area contributed by atoms with Gasteiger partial charge in [0.05, 0.1) is 24.6 Å². The van der Waals surface area contributed by atoms with Crippen LogP contribution in [0.2, 0.25) is 0 Å². The summed E-state index contributed by atoms with van der Waals surface area (Å²) in [5.41, 5.74) is 5.56. The van der Waals surface area contributed by atoms with Crippen molar-refractivity contribution in [3.8, 4) is 33.2 Å². The van der Waals surface area contributed by atoms with Gasteiger partial charge in [-0.25, -0.2) is 0 Å². The van der Waals surface area contributed by atoms with Crippen molar-refractivity contribution in [3.63, 3.8) is 0 Å². The molecule has 0 N–H and O–H groups in total. The number of rotatable bonds is 6. The molecule has 4 nitrogen and oxygen atoms in total. The van der Waals surface area contributed by atoms with Crippen LogP contribution >= 0.6 is 11.3 Å². The summed E-state index contributed by atoms with van der Waals surface area (Å²) in [4.78, 5) is 14.7. The first-order valence-corrected chi connectivity index (χ1v) is 12.1. The number of benzene rings is 1. The molecule has 1 aliphatic carbocycles. The Morgan fingerprint density at radius 1 is 1.13 bits per heavy atom. The molecule has 31 heavy (non-hydrogen) atoms. The van der Waals surface area contributed by atoms with E-state index in [9.17, 15) is 4.79 Å². The van der Waals surface area contributed by atoms with E-state index in [0.29, 0.717) is 5.78 Å². The first-order valence-electron chi connectivity index (χ1n) is 11.3. The molecule has 0 spiro atoms. The summed E-state index contributed by atoms with van der Waals surface area (Å²) in [6.45, 7) is 4.86. The Morgan fingerprint density at radius 2 is 1.94 bits per heavy atom. The van der Waals surface area contributed by atoms with Gasteiger partial charge in [0.1, 0.15) is 0 Å². The quantitative estimate of drug-likeness (QED) is 0.409. The monoisotopic (exact) mass is 435 g/mol. The second kappa shape index (κ2) is 8.19. The zero-order valence-corrected chi connectivity index (χ0v) is 19.3. The zero-order chi connectivity index (χ0) is 21.5. The lowest BCUT2D eigenvalue weighted by Gasteiger charge is -2.25. The topological polar surface area (TPSA) is 40.5 Å². The molecule has 5 rings (SSSR count). The van der Waals surface area contributed by atoms with Gasteiger partial charge < -0.3 is 14.0 Å². The smallest absolute Gasteiger partial charge is 0.182 e. The number of ketones is 1. The zero-order valence-electron chi connectivity index (χ0n) is 18.4. The molecule has 2 aromatic heterocycles. The number of Topliss-reactive ketones (excluding diaryl/α,β-unsaturated/α-hetero) is 1. The Bertz CT molecular complexity index is 1100. The third-order valence-electron chi connectivity index (χ3n) is 6.47. The molecule has 2 aliphatic rings. The molecular weight excluding hydrogens is 406 g/mol. The molecule has 1 aliphatic heterocycles. The Labute approximate surface area is 187 Å². The van der Waals surface area contributed by atoms with Crippen molar-refractivity contribution in [1.82, 2.24) is 4.57 Å². The maximum Gasteiger partial charge on any atom is 0.182 e. The highest BCUT2D eigenvalue weighted by Crippen LogP contribution is 2.46. The van der Waals surface area contributed by atoms with Crippen molar-refractivity contribution < 1.29 is 14.3 Å². The van der Waals surface area contributed by atoms with Gasteiger partial charge in [0, 0.05) is 28.5 Å². The number of ether oxygens (including phenoxy) is 2. The van der Waals surface area contributed by atoms with E-state index in [2.05, 4.69) is 40.3 Å². The average Bonchev–Trinajstić information content (AvgIpc) is 3.52. The maximum atomic E-state index is 13.5. The minimum Gasteiger partial charge on any atom is -0.493 e. The lowest BCUT2D eigenvalue weighted by Crippen LogP contribution is -2.20. The molecule has 3 aromatic rings. The highest BCUT2D eigenvalue weighted by molar-refractivity contribution is 7.13. The van der Waals surface area contributed by atoms with Gasteiger partial charge in [-0.2, -0.15) is 0 Å². The van der Waals surface area contributed by atoms with Gasteiger partial charge in [-0.1, -0.05) is 18.9 Å². The van der Waals surface area contributed by atoms with E-state index in [4.69, 9.17) is 9.47 Å². The first kappa shape index (κ1) is 20.4. The van der Waals surface area contributed by atoms with E-state index in [-0.39, 0.29) is 12.0 Å². The van der Waals surface area contributed by atoms with E-state index in [0.717, 1.165) is 59.8 Å². The first-order chi connectivity index (χ1) is 15.1. The molecule has 5 heteroatoms. The third kappa shape index (κ3) is 3.59. The van der Waals surface area contributed by atoms with E-state index in [1.54, 1.807) is 18.4 Å². The Balaban J connectivity index is 1.70. The molecule has 0 atom stereocenters. The molecule has 0 bridgehead atoms. The Kier molecular flexibility index (Phi) is 5.39. The van der Waals surface area contributed by atoms with Gasteiger partial charge in [0.25, 0.3) is 0 Å². The SMILES string of the molecule is COc1cc2c(cc1OC(C)C)-c1c(-c3cccs3)cc(C(=O)C3CCCC3)n1CC2. The number of carbonyl (C=O) groups is 1. The molecule has 1 fully saturated rings. The van der Waals surface area contributed by atoms with Gasteiger partial charge in [-0.05, 0) is 68.3 Å². The molecule has 3 heterocycles. The minimum atomic E-state index is 0.0543. The van der Waals surface area contributed by atoms with Crippen LogP contribution < -0.4 is 9.47 Å². The number of nitrogens with zero attached hydrogens (tertiary/aromatic N) is 1. The van der Waals surface area contributed by atoms with Crippen LogP contribution in [-0.2, 0) is 13.0 Å². The van der Waals surface area contributed by atoms with Crippen molar-refractivity contribution >= 4 is 17.1 Å². The summed E-state index contributed by atoms with van der Waals surface area (Å²) < 4.78 is 14.0. The lowest BCUT2D eigenvalue weighted by atomic mass is 9.95. The van der Waals surface area contributed by atoms with Crippen LogP contribution in [-0.4, -0.2) is 23.6 Å². The number of carbonyl (C=O) groups excluding carboxylic acids is 1. The summed E-state index contributed by atoms with van der Waals surface area (Å²) in [6.07, 6.45) is 5.31. The molecule has 0 unspecified atom stereocenters. The van der Waals surface area contributed by atoms with Crippen molar-refractivity contribution in [1.29, 1.82) is 0 Å². The molecule has 1 saturated carbocycles. The van der Waals surface area contributed by atoms with Crippen LogP contribution in [0.4, 0.5) is 0 Å². The number of thiophene rings is 1. The number of fused-ring (bicyclic) bond motifs is 3. The number of aryl methyl sites for hydroxylation is 1. The van der Waals surface area contributed by atoms with Crippen molar-refractivity contribution in [3.05, 3.63) is 47.0 Å². The minimum absolute atomic E-state index is 0.0543. The van der Waals surface area contributed by atoms with Gasteiger partial charge >= 0.3 is 0 Å². The third-order valence-corrected chi connectivity index (χ3v) is 7.38. The number of methoxy groups -OCH3 is 1. The molecule has 1 aromatic carbocycles. The summed E-state index contributed by atoms with van der Waals surface area (Å²) in [6, 6.07) is 10.6. The second-order valence-corrected chi connectivity index (χ2v) is 9.79. The van der Waals surface area contributed by atoms with E-state index in [1.807, 2.05) is 13.8 Å². The second-order valence-electron chi connectivity index (χ2n) is 8.84. The largest absolute Gasteiger partial charge is 0.493 e.